The number of carbonyl (C=O) groups is 1. The van der Waals surface area contributed by atoms with E-state index >= 15 is 0 Å². The van der Waals surface area contributed by atoms with Crippen molar-refractivity contribution in [2.45, 2.75) is 6.54 Å². The van der Waals surface area contributed by atoms with Gasteiger partial charge in [0, 0.05) is 25.6 Å². The minimum atomic E-state index is -0.0120. The Morgan fingerprint density at radius 2 is 2.36 bits per heavy atom. The molecule has 2 rings (SSSR count). The first-order valence-electron chi connectivity index (χ1n) is 4.39. The van der Waals surface area contributed by atoms with Crippen LogP contribution in [0.3, 0.4) is 0 Å². The van der Waals surface area contributed by atoms with E-state index in [1.54, 1.807) is 4.90 Å². The molecular weight excluding hydrogens is 186 g/mol. The number of likely N-dealkylation sites (tertiary alicyclic amines) is 1. The average molecular weight is 197 g/mol. The van der Waals surface area contributed by atoms with Crippen molar-refractivity contribution in [1.29, 1.82) is 0 Å². The molecule has 7 heteroatoms. The number of amides is 1. The molecule has 0 radical (unpaired) electrons. The number of carbonyl (C=O) groups excluding carboxylic acids is 1. The number of rotatable bonds is 3. The fourth-order valence-corrected chi connectivity index (χ4v) is 1.38. The maximum absolute atomic E-state index is 11.5. The van der Waals surface area contributed by atoms with Crippen LogP contribution in [0.2, 0.25) is 0 Å². The van der Waals surface area contributed by atoms with Crippen molar-refractivity contribution in [2.24, 2.45) is 5.92 Å². The predicted octanol–water partition coefficient (Wildman–Crippen LogP) is -1.88. The summed E-state index contributed by atoms with van der Waals surface area (Å²) in [5.74, 6) is 0.231. The molecule has 76 valence electrons. The van der Waals surface area contributed by atoms with Crippen molar-refractivity contribution in [2.75, 3.05) is 19.7 Å². The monoisotopic (exact) mass is 197 g/mol. The Morgan fingerprint density at radius 1 is 1.57 bits per heavy atom. The van der Waals surface area contributed by atoms with Crippen molar-refractivity contribution >= 4 is 5.91 Å². The molecule has 1 N–H and O–H groups in total. The van der Waals surface area contributed by atoms with Crippen LogP contribution in [-0.2, 0) is 11.3 Å². The summed E-state index contributed by atoms with van der Waals surface area (Å²) >= 11 is 0. The number of nitrogens with zero attached hydrogens (tertiary/aromatic N) is 5. The topological polar surface area (TPSA) is 84.1 Å². The number of aliphatic hydroxyl groups is 1. The highest BCUT2D eigenvalue weighted by molar-refractivity contribution is 5.76. The van der Waals surface area contributed by atoms with Gasteiger partial charge in [0.2, 0.25) is 5.91 Å². The zero-order valence-corrected chi connectivity index (χ0v) is 7.57. The van der Waals surface area contributed by atoms with Crippen LogP contribution >= 0.6 is 0 Å². The number of aliphatic hydroxyl groups excluding tert-OH is 1. The van der Waals surface area contributed by atoms with Crippen LogP contribution < -0.4 is 0 Å². The first-order valence-corrected chi connectivity index (χ1v) is 4.39. The van der Waals surface area contributed by atoms with Gasteiger partial charge >= 0.3 is 0 Å². The minimum absolute atomic E-state index is 0.0120. The summed E-state index contributed by atoms with van der Waals surface area (Å²) < 4.78 is 1.38. The van der Waals surface area contributed by atoms with Gasteiger partial charge in [-0.2, -0.15) is 0 Å². The van der Waals surface area contributed by atoms with Gasteiger partial charge in [0.05, 0.1) is 0 Å². The molecule has 0 spiro atoms. The van der Waals surface area contributed by atoms with Crippen LogP contribution in [0.5, 0.6) is 0 Å². The van der Waals surface area contributed by atoms with Gasteiger partial charge in [-0.1, -0.05) is 0 Å². The lowest BCUT2D eigenvalue weighted by atomic mass is 10.0. The third kappa shape index (κ3) is 1.72. The molecule has 0 atom stereocenters. The van der Waals surface area contributed by atoms with Gasteiger partial charge in [-0.25, -0.2) is 4.68 Å². The molecule has 1 saturated heterocycles. The van der Waals surface area contributed by atoms with E-state index in [2.05, 4.69) is 15.5 Å². The number of aromatic nitrogens is 4. The largest absolute Gasteiger partial charge is 0.396 e. The molecule has 0 aromatic carbocycles. The van der Waals surface area contributed by atoms with Gasteiger partial charge in [0.25, 0.3) is 0 Å². The van der Waals surface area contributed by atoms with Crippen LogP contribution in [0.1, 0.15) is 0 Å². The highest BCUT2D eigenvalue weighted by Crippen LogP contribution is 2.14. The summed E-state index contributed by atoms with van der Waals surface area (Å²) in [4.78, 5) is 13.2. The molecule has 14 heavy (non-hydrogen) atoms. The lowest BCUT2D eigenvalue weighted by Crippen LogP contribution is -2.52. The summed E-state index contributed by atoms with van der Waals surface area (Å²) in [6.07, 6.45) is 1.40. The first-order chi connectivity index (χ1) is 6.79. The molecule has 0 bridgehead atoms. The van der Waals surface area contributed by atoms with Crippen molar-refractivity contribution in [3.63, 3.8) is 0 Å². The highest BCUT2D eigenvalue weighted by Gasteiger charge is 2.29. The lowest BCUT2D eigenvalue weighted by molar-refractivity contribution is -0.139. The average Bonchev–Trinajstić information content (AvgIpc) is 2.54. The van der Waals surface area contributed by atoms with E-state index in [4.69, 9.17) is 5.11 Å². The summed E-state index contributed by atoms with van der Waals surface area (Å²) in [5, 5.41) is 19.2. The quantitative estimate of drug-likeness (QED) is 0.613. The molecule has 7 nitrogen and oxygen atoms in total. The predicted molar refractivity (Wildman–Crippen MR) is 45.0 cm³/mol. The van der Waals surface area contributed by atoms with Gasteiger partial charge in [-0.15, -0.1) is 5.10 Å². The van der Waals surface area contributed by atoms with Crippen molar-refractivity contribution < 1.29 is 9.90 Å². The second kappa shape index (κ2) is 3.70. The second-order valence-corrected chi connectivity index (χ2v) is 3.35. The van der Waals surface area contributed by atoms with E-state index in [1.807, 2.05) is 0 Å². The SMILES string of the molecule is O=C(Cn1cnnn1)N1CC(CO)C1. The lowest BCUT2D eigenvalue weighted by Gasteiger charge is -2.38. The number of hydrogen-bond acceptors (Lipinski definition) is 5. The van der Waals surface area contributed by atoms with Crippen LogP contribution in [0.15, 0.2) is 6.33 Å². The van der Waals surface area contributed by atoms with E-state index in [1.165, 1.54) is 11.0 Å². The molecule has 2 heterocycles. The first kappa shape index (κ1) is 9.07. The third-order valence-electron chi connectivity index (χ3n) is 2.26. The van der Waals surface area contributed by atoms with Gasteiger partial charge < -0.3 is 10.0 Å². The maximum atomic E-state index is 11.5. The minimum Gasteiger partial charge on any atom is -0.396 e. The molecule has 1 aliphatic heterocycles. The van der Waals surface area contributed by atoms with E-state index < -0.39 is 0 Å². The zero-order chi connectivity index (χ0) is 9.97. The molecular formula is C7H11N5O2. The number of hydrogen-bond donors (Lipinski definition) is 1. The van der Waals surface area contributed by atoms with Gasteiger partial charge in [-0.05, 0) is 10.4 Å². The maximum Gasteiger partial charge on any atom is 0.244 e. The second-order valence-electron chi connectivity index (χ2n) is 3.35. The third-order valence-corrected chi connectivity index (χ3v) is 2.26. The standard InChI is InChI=1S/C7H11N5O2/c13-4-6-1-11(2-6)7(14)3-12-5-8-9-10-12/h5-6,13H,1-4H2. The Kier molecular flexibility index (Phi) is 2.40. The Hall–Kier alpha value is -1.50. The molecule has 0 unspecified atom stereocenters. The fraction of sp³-hybridized carbons (Fsp3) is 0.714. The van der Waals surface area contributed by atoms with Crippen LogP contribution in [0.25, 0.3) is 0 Å². The summed E-state index contributed by atoms with van der Waals surface area (Å²) in [6.45, 7) is 1.59. The van der Waals surface area contributed by atoms with Gasteiger partial charge in [0.15, 0.2) is 0 Å². The van der Waals surface area contributed by atoms with Crippen molar-refractivity contribution in [1.82, 2.24) is 25.1 Å². The normalized spacial score (nSPS) is 16.8. The Balaban J connectivity index is 1.80. The molecule has 0 aliphatic carbocycles. The Morgan fingerprint density at radius 3 is 2.93 bits per heavy atom. The van der Waals surface area contributed by atoms with E-state index in [9.17, 15) is 4.79 Å². The van der Waals surface area contributed by atoms with Gasteiger partial charge in [0.1, 0.15) is 12.9 Å². The summed E-state index contributed by atoms with van der Waals surface area (Å²) in [7, 11) is 0. The number of tetrazole rings is 1. The summed E-state index contributed by atoms with van der Waals surface area (Å²) in [5.41, 5.74) is 0. The molecule has 1 amide bonds. The summed E-state index contributed by atoms with van der Waals surface area (Å²) in [6, 6.07) is 0. The Bertz CT molecular complexity index is 306. The van der Waals surface area contributed by atoms with Crippen LogP contribution in [0.4, 0.5) is 0 Å². The molecule has 1 aromatic rings. The molecule has 1 fully saturated rings. The highest BCUT2D eigenvalue weighted by atomic mass is 16.3. The van der Waals surface area contributed by atoms with E-state index in [0.29, 0.717) is 13.1 Å². The van der Waals surface area contributed by atoms with E-state index in [0.717, 1.165) is 0 Å². The Labute approximate surface area is 80.3 Å². The van der Waals surface area contributed by atoms with Crippen molar-refractivity contribution in [3.8, 4) is 0 Å². The van der Waals surface area contributed by atoms with Crippen LogP contribution in [0, 0.1) is 5.92 Å². The van der Waals surface area contributed by atoms with Crippen LogP contribution in [-0.4, -0.2) is 55.8 Å². The molecule has 1 aliphatic rings. The fourth-order valence-electron chi connectivity index (χ4n) is 1.38. The van der Waals surface area contributed by atoms with Crippen molar-refractivity contribution in [3.05, 3.63) is 6.33 Å². The molecule has 1 aromatic heterocycles. The van der Waals surface area contributed by atoms with Gasteiger partial charge in [-0.3, -0.25) is 4.79 Å². The van der Waals surface area contributed by atoms with E-state index in [-0.39, 0.29) is 25.0 Å². The molecule has 0 saturated carbocycles. The zero-order valence-electron chi connectivity index (χ0n) is 7.57. The smallest absolute Gasteiger partial charge is 0.244 e.